The van der Waals surface area contributed by atoms with Crippen LogP contribution in [0, 0.1) is 13.8 Å². The molecule has 36 heavy (non-hydrogen) atoms. The fraction of sp³-hybridized carbons (Fsp3) is 0.231. The molecule has 0 aliphatic heterocycles. The van der Waals surface area contributed by atoms with Crippen LogP contribution < -0.4 is 0 Å². The van der Waals surface area contributed by atoms with Gasteiger partial charge in [0, 0.05) is 17.7 Å². The number of benzene rings is 2. The van der Waals surface area contributed by atoms with Crippen LogP contribution in [0.2, 0.25) is 0 Å². The van der Waals surface area contributed by atoms with Crippen molar-refractivity contribution >= 4 is 28.2 Å². The van der Waals surface area contributed by atoms with Crippen molar-refractivity contribution in [2.45, 2.75) is 40.3 Å². The van der Waals surface area contributed by atoms with Crippen LogP contribution in [0.25, 0.3) is 33.6 Å². The lowest BCUT2D eigenvalue weighted by Gasteiger charge is -2.09. The number of fused-ring (bicyclic) bond motifs is 2. The normalized spacial score (nSPS) is 10.5. The Labute approximate surface area is 207 Å². The summed E-state index contributed by atoms with van der Waals surface area (Å²) in [5.41, 5.74) is 7.46. The number of carboxylic acids is 1. The molecule has 0 radical (unpaired) electrons. The first-order valence-electron chi connectivity index (χ1n) is 11.0. The zero-order valence-corrected chi connectivity index (χ0v) is 20.4. The van der Waals surface area contributed by atoms with Gasteiger partial charge >= 0.3 is 5.97 Å². The van der Waals surface area contributed by atoms with Crippen molar-refractivity contribution in [1.82, 2.24) is 24.1 Å². The van der Waals surface area contributed by atoms with Gasteiger partial charge in [-0.05, 0) is 43.2 Å². The molecule has 190 valence electrons. The molecule has 0 aliphatic carbocycles. The number of carbonyl (C=O) groups is 1. The Kier molecular flexibility index (Phi) is 8.66. The molecule has 0 bridgehead atoms. The Morgan fingerprint density at radius 2 is 1.64 bits per heavy atom. The highest BCUT2D eigenvalue weighted by molar-refractivity contribution is 5.83. The lowest BCUT2D eigenvalue weighted by atomic mass is 10.2. The van der Waals surface area contributed by atoms with Crippen LogP contribution in [0.3, 0.4) is 0 Å². The number of carboxylic acid groups (broad SMARTS) is 1. The molecule has 0 spiro atoms. The first-order valence-corrected chi connectivity index (χ1v) is 11.0. The quantitative estimate of drug-likeness (QED) is 0.380. The highest BCUT2D eigenvalue weighted by Gasteiger charge is 2.17. The fourth-order valence-electron chi connectivity index (χ4n) is 4.44. The van der Waals surface area contributed by atoms with Crippen molar-refractivity contribution in [2.75, 3.05) is 0 Å². The third-order valence-corrected chi connectivity index (χ3v) is 5.90. The maximum absolute atomic E-state index is 11.6. The van der Waals surface area contributed by atoms with E-state index in [4.69, 9.17) is 15.0 Å². The average Bonchev–Trinajstić information content (AvgIpc) is 3.32. The van der Waals surface area contributed by atoms with Crippen LogP contribution >= 0.6 is 0 Å². The Hall–Kier alpha value is -4.12. The van der Waals surface area contributed by atoms with Gasteiger partial charge in [-0.1, -0.05) is 43.3 Å². The van der Waals surface area contributed by atoms with E-state index in [1.807, 2.05) is 55.5 Å². The van der Waals surface area contributed by atoms with Crippen LogP contribution in [0.4, 0.5) is 0 Å². The molecular weight excluding hydrogens is 462 g/mol. The van der Waals surface area contributed by atoms with E-state index < -0.39 is 5.97 Å². The van der Waals surface area contributed by atoms with E-state index in [0.717, 1.165) is 56.8 Å². The number of aryl methyl sites for hydroxylation is 3. The smallest absolute Gasteiger partial charge is 0.323 e. The SMILES string of the molecule is CCc1nc2c(C)cc(C)nc2n1Cc1ccc2c(c1)nc(-c1ccccc1)n2CC(=O)O.O.O.O. The van der Waals surface area contributed by atoms with Crippen molar-refractivity contribution < 1.29 is 26.3 Å². The molecule has 5 aromatic rings. The first kappa shape index (κ1) is 28.1. The Bertz CT molecular complexity index is 1510. The van der Waals surface area contributed by atoms with Crippen molar-refractivity contribution in [3.63, 3.8) is 0 Å². The summed E-state index contributed by atoms with van der Waals surface area (Å²) in [7, 11) is 0. The number of hydrogen-bond acceptors (Lipinski definition) is 4. The van der Waals surface area contributed by atoms with Gasteiger partial charge in [0.05, 0.1) is 17.6 Å². The van der Waals surface area contributed by atoms with E-state index in [1.165, 1.54) is 0 Å². The second-order valence-electron chi connectivity index (χ2n) is 8.32. The Balaban J connectivity index is 0.00000152. The highest BCUT2D eigenvalue weighted by atomic mass is 16.4. The number of aromatic nitrogens is 5. The summed E-state index contributed by atoms with van der Waals surface area (Å²) < 4.78 is 3.93. The molecule has 10 heteroatoms. The number of imidazole rings is 2. The summed E-state index contributed by atoms with van der Waals surface area (Å²) in [5.74, 6) is 0.748. The topological polar surface area (TPSA) is 180 Å². The molecule has 7 N–H and O–H groups in total. The number of pyridine rings is 1. The van der Waals surface area contributed by atoms with Crippen LogP contribution in [0.15, 0.2) is 54.6 Å². The maximum Gasteiger partial charge on any atom is 0.323 e. The van der Waals surface area contributed by atoms with E-state index in [1.54, 1.807) is 4.57 Å². The molecule has 0 aliphatic rings. The molecular formula is C26H31N5O5. The van der Waals surface area contributed by atoms with Crippen LogP contribution in [-0.4, -0.2) is 51.6 Å². The van der Waals surface area contributed by atoms with E-state index in [9.17, 15) is 9.90 Å². The van der Waals surface area contributed by atoms with Crippen molar-refractivity contribution in [3.05, 3.63) is 77.2 Å². The molecule has 0 saturated carbocycles. The second-order valence-corrected chi connectivity index (χ2v) is 8.32. The molecule has 3 aromatic heterocycles. The molecule has 0 atom stereocenters. The summed E-state index contributed by atoms with van der Waals surface area (Å²) >= 11 is 0. The highest BCUT2D eigenvalue weighted by Crippen LogP contribution is 2.27. The van der Waals surface area contributed by atoms with Gasteiger partial charge in [-0.25, -0.2) is 15.0 Å². The van der Waals surface area contributed by atoms with E-state index >= 15 is 0 Å². The van der Waals surface area contributed by atoms with Gasteiger partial charge in [-0.3, -0.25) is 4.79 Å². The molecule has 10 nitrogen and oxygen atoms in total. The standard InChI is InChI=1S/C26H25N5O2.3H2O/c1-4-22-29-24-16(2)12-17(3)27-26(24)31(22)14-18-10-11-21-20(13-18)28-25(30(21)15-23(32)33)19-8-6-5-7-9-19;;;/h5-13H,4,14-15H2,1-3H3,(H,32,33);3*1H2. The zero-order valence-electron chi connectivity index (χ0n) is 20.4. The summed E-state index contributed by atoms with van der Waals surface area (Å²) in [5, 5.41) is 9.48. The van der Waals surface area contributed by atoms with Gasteiger partial charge in [0.1, 0.15) is 23.7 Å². The summed E-state index contributed by atoms with van der Waals surface area (Å²) in [6.07, 6.45) is 0.808. The number of hydrogen-bond donors (Lipinski definition) is 1. The number of nitrogens with zero attached hydrogens (tertiary/aromatic N) is 5. The summed E-state index contributed by atoms with van der Waals surface area (Å²) in [6.45, 7) is 6.65. The zero-order chi connectivity index (χ0) is 23.1. The number of aliphatic carboxylic acids is 1. The third kappa shape index (κ3) is 4.96. The van der Waals surface area contributed by atoms with Gasteiger partial charge in [0.2, 0.25) is 0 Å². The minimum Gasteiger partial charge on any atom is -0.480 e. The second kappa shape index (κ2) is 11.1. The first-order chi connectivity index (χ1) is 15.9. The van der Waals surface area contributed by atoms with E-state index in [0.29, 0.717) is 12.4 Å². The van der Waals surface area contributed by atoms with E-state index in [2.05, 4.69) is 24.5 Å². The largest absolute Gasteiger partial charge is 0.480 e. The van der Waals surface area contributed by atoms with Crippen LogP contribution in [0.5, 0.6) is 0 Å². The molecule has 3 heterocycles. The summed E-state index contributed by atoms with van der Waals surface area (Å²) in [4.78, 5) is 26.0. The predicted octanol–water partition coefficient (Wildman–Crippen LogP) is 2.29. The molecule has 5 rings (SSSR count). The lowest BCUT2D eigenvalue weighted by Crippen LogP contribution is -2.10. The van der Waals surface area contributed by atoms with Gasteiger partial charge in [-0.15, -0.1) is 0 Å². The summed E-state index contributed by atoms with van der Waals surface area (Å²) in [6, 6.07) is 17.8. The van der Waals surface area contributed by atoms with Gasteiger partial charge < -0.3 is 30.7 Å². The minimum atomic E-state index is -0.898. The van der Waals surface area contributed by atoms with Crippen molar-refractivity contribution in [1.29, 1.82) is 0 Å². The van der Waals surface area contributed by atoms with Gasteiger partial charge in [-0.2, -0.15) is 0 Å². The minimum absolute atomic E-state index is 0. The lowest BCUT2D eigenvalue weighted by molar-refractivity contribution is -0.137. The van der Waals surface area contributed by atoms with Crippen LogP contribution in [0.1, 0.15) is 29.6 Å². The third-order valence-electron chi connectivity index (χ3n) is 5.90. The Morgan fingerprint density at radius 1 is 0.917 bits per heavy atom. The van der Waals surface area contributed by atoms with Gasteiger partial charge in [0.25, 0.3) is 0 Å². The predicted molar refractivity (Wildman–Crippen MR) is 139 cm³/mol. The number of rotatable bonds is 6. The van der Waals surface area contributed by atoms with Crippen molar-refractivity contribution in [2.24, 2.45) is 0 Å². The maximum atomic E-state index is 11.6. The molecule has 0 fully saturated rings. The Morgan fingerprint density at radius 3 is 2.31 bits per heavy atom. The monoisotopic (exact) mass is 493 g/mol. The average molecular weight is 494 g/mol. The molecule has 0 unspecified atom stereocenters. The van der Waals surface area contributed by atoms with Crippen molar-refractivity contribution in [3.8, 4) is 11.4 Å². The van der Waals surface area contributed by atoms with E-state index in [-0.39, 0.29) is 23.0 Å². The van der Waals surface area contributed by atoms with Crippen LogP contribution in [-0.2, 0) is 24.3 Å². The molecule has 0 amide bonds. The fourth-order valence-corrected chi connectivity index (χ4v) is 4.44. The van der Waals surface area contributed by atoms with Gasteiger partial charge in [0.15, 0.2) is 5.65 Å². The molecule has 0 saturated heterocycles. The molecule has 2 aromatic carbocycles.